The Balaban J connectivity index is 1.84. The molecular formula is C24H37N3O3. The lowest BCUT2D eigenvalue weighted by Crippen LogP contribution is -2.72. The Morgan fingerprint density at radius 3 is 2.40 bits per heavy atom. The third-order valence-corrected chi connectivity index (χ3v) is 6.26. The quantitative estimate of drug-likeness (QED) is 0.685. The number of carbonyl (C=O) groups is 2. The molecule has 2 aliphatic heterocycles. The minimum absolute atomic E-state index is 0.0232. The van der Waals surface area contributed by atoms with Crippen molar-refractivity contribution in [1.82, 2.24) is 15.1 Å². The number of phenols is 1. The molecule has 2 N–H and O–H groups in total. The number of hydrogen-bond donors (Lipinski definition) is 2. The second-order valence-corrected chi connectivity index (χ2v) is 9.71. The lowest BCUT2D eigenvalue weighted by molar-refractivity contribution is -0.159. The smallest absolute Gasteiger partial charge is 0.242 e. The molecule has 6 heteroatoms. The summed E-state index contributed by atoms with van der Waals surface area (Å²) in [5.41, 5.74) is 1.03. The molecule has 2 heterocycles. The monoisotopic (exact) mass is 415 g/mol. The zero-order valence-corrected chi connectivity index (χ0v) is 18.8. The number of aromatic hydroxyl groups is 1. The molecule has 2 aliphatic rings. The van der Waals surface area contributed by atoms with Crippen molar-refractivity contribution in [3.05, 3.63) is 29.8 Å². The number of nitrogens with zero attached hydrogens (tertiary/aromatic N) is 2. The van der Waals surface area contributed by atoms with Gasteiger partial charge in [-0.05, 0) is 61.8 Å². The van der Waals surface area contributed by atoms with Crippen LogP contribution in [0.3, 0.4) is 0 Å². The average molecular weight is 416 g/mol. The van der Waals surface area contributed by atoms with Crippen molar-refractivity contribution in [3.8, 4) is 5.75 Å². The first-order chi connectivity index (χ1) is 14.3. The molecular weight excluding hydrogens is 378 g/mol. The minimum atomic E-state index is -0.378. The van der Waals surface area contributed by atoms with Crippen LogP contribution in [-0.4, -0.2) is 64.5 Å². The first kappa shape index (κ1) is 22.6. The Hall–Kier alpha value is -2.08. The van der Waals surface area contributed by atoms with Crippen molar-refractivity contribution in [3.63, 3.8) is 0 Å². The number of nitrogens with one attached hydrogen (secondary N) is 1. The van der Waals surface area contributed by atoms with Gasteiger partial charge in [-0.15, -0.1) is 0 Å². The van der Waals surface area contributed by atoms with Crippen LogP contribution >= 0.6 is 0 Å². The normalized spacial score (nSPS) is 25.0. The van der Waals surface area contributed by atoms with E-state index in [0.717, 1.165) is 31.5 Å². The Labute approximate surface area is 180 Å². The molecule has 6 nitrogen and oxygen atoms in total. The maximum atomic E-state index is 13.7. The second-order valence-electron chi connectivity index (χ2n) is 9.71. The van der Waals surface area contributed by atoms with Gasteiger partial charge in [0.1, 0.15) is 11.8 Å². The molecule has 30 heavy (non-hydrogen) atoms. The van der Waals surface area contributed by atoms with Crippen molar-refractivity contribution in [1.29, 1.82) is 0 Å². The van der Waals surface area contributed by atoms with E-state index >= 15 is 0 Å². The molecule has 0 aromatic heterocycles. The van der Waals surface area contributed by atoms with Crippen molar-refractivity contribution in [2.75, 3.05) is 19.6 Å². The van der Waals surface area contributed by atoms with Crippen LogP contribution in [0.2, 0.25) is 0 Å². The first-order valence-corrected chi connectivity index (χ1v) is 11.4. The van der Waals surface area contributed by atoms with Gasteiger partial charge in [-0.2, -0.15) is 0 Å². The van der Waals surface area contributed by atoms with E-state index in [1.165, 1.54) is 0 Å². The Morgan fingerprint density at radius 2 is 1.77 bits per heavy atom. The predicted molar refractivity (Wildman–Crippen MR) is 118 cm³/mol. The van der Waals surface area contributed by atoms with Crippen LogP contribution in [0, 0.1) is 11.8 Å². The van der Waals surface area contributed by atoms with E-state index in [0.29, 0.717) is 31.2 Å². The van der Waals surface area contributed by atoms with Gasteiger partial charge in [0.15, 0.2) is 0 Å². The Morgan fingerprint density at radius 1 is 1.07 bits per heavy atom. The molecule has 3 rings (SSSR count). The molecule has 0 unspecified atom stereocenters. The number of piperazine rings is 2. The van der Waals surface area contributed by atoms with Crippen molar-refractivity contribution < 1.29 is 14.7 Å². The van der Waals surface area contributed by atoms with Crippen LogP contribution in [0.5, 0.6) is 5.75 Å². The molecule has 2 amide bonds. The fraction of sp³-hybridized carbons (Fsp3) is 0.667. The Kier molecular flexibility index (Phi) is 7.40. The highest BCUT2D eigenvalue weighted by Crippen LogP contribution is 2.28. The van der Waals surface area contributed by atoms with Crippen molar-refractivity contribution in [2.45, 2.75) is 71.5 Å². The molecule has 0 saturated carbocycles. The molecule has 166 valence electrons. The number of amides is 2. The fourth-order valence-corrected chi connectivity index (χ4v) is 4.72. The molecule has 1 aromatic carbocycles. The number of rotatable bonds is 8. The maximum absolute atomic E-state index is 13.7. The van der Waals surface area contributed by atoms with Gasteiger partial charge in [-0.3, -0.25) is 14.5 Å². The lowest BCUT2D eigenvalue weighted by atomic mass is 9.91. The molecule has 1 aromatic rings. The SMILES string of the molecule is CC(C)CCCN1C[C@H]2CNC(=O)[C@H](CC(C)C)N2C(=O)[C@@H]1Cc1ccc(O)cc1. The second kappa shape index (κ2) is 9.82. The minimum Gasteiger partial charge on any atom is -0.508 e. The van der Waals surface area contributed by atoms with Gasteiger partial charge in [0.05, 0.1) is 12.1 Å². The molecule has 0 aliphatic carbocycles. The zero-order valence-electron chi connectivity index (χ0n) is 18.8. The number of hydrogen-bond acceptors (Lipinski definition) is 4. The molecule has 0 bridgehead atoms. The van der Waals surface area contributed by atoms with E-state index in [2.05, 4.69) is 37.9 Å². The summed E-state index contributed by atoms with van der Waals surface area (Å²) >= 11 is 0. The fourth-order valence-electron chi connectivity index (χ4n) is 4.72. The van der Waals surface area contributed by atoms with Crippen LogP contribution in [0.25, 0.3) is 0 Å². The van der Waals surface area contributed by atoms with Crippen molar-refractivity contribution in [2.24, 2.45) is 11.8 Å². The summed E-state index contributed by atoms with van der Waals surface area (Å²) in [4.78, 5) is 30.6. The average Bonchev–Trinajstić information content (AvgIpc) is 2.68. The number of benzene rings is 1. The Bertz CT molecular complexity index is 732. The van der Waals surface area contributed by atoms with Gasteiger partial charge in [0, 0.05) is 13.1 Å². The van der Waals surface area contributed by atoms with Gasteiger partial charge in [-0.25, -0.2) is 0 Å². The standard InChI is InChI=1S/C24H37N3O3/c1-16(2)6-5-11-26-15-19-14-25-23(29)21(12-17(3)4)27(19)24(30)22(26)13-18-7-9-20(28)10-8-18/h7-10,16-17,19,21-22,28H,5-6,11-15H2,1-4H3,(H,25,29)/t19-,21+,22+/m1/s1. The number of phenolic OH excluding ortho intramolecular Hbond substituents is 1. The van der Waals surface area contributed by atoms with Gasteiger partial charge < -0.3 is 15.3 Å². The van der Waals surface area contributed by atoms with Crippen LogP contribution in [0.4, 0.5) is 0 Å². The topological polar surface area (TPSA) is 72.9 Å². The van der Waals surface area contributed by atoms with Crippen LogP contribution in [-0.2, 0) is 16.0 Å². The molecule has 2 fully saturated rings. The summed E-state index contributed by atoms with van der Waals surface area (Å²) < 4.78 is 0. The van der Waals surface area contributed by atoms with E-state index in [9.17, 15) is 14.7 Å². The van der Waals surface area contributed by atoms with E-state index in [4.69, 9.17) is 0 Å². The summed E-state index contributed by atoms with van der Waals surface area (Å²) in [5.74, 6) is 1.26. The molecule has 0 radical (unpaired) electrons. The van der Waals surface area contributed by atoms with Gasteiger partial charge in [-0.1, -0.05) is 39.8 Å². The van der Waals surface area contributed by atoms with E-state index < -0.39 is 0 Å². The van der Waals surface area contributed by atoms with Crippen LogP contribution in [0.1, 0.15) is 52.5 Å². The summed E-state index contributed by atoms with van der Waals surface area (Å²) in [5, 5.41) is 12.6. The molecule has 3 atom stereocenters. The van der Waals surface area contributed by atoms with E-state index in [1.807, 2.05) is 17.0 Å². The van der Waals surface area contributed by atoms with Gasteiger partial charge in [0.25, 0.3) is 0 Å². The maximum Gasteiger partial charge on any atom is 0.242 e. The third kappa shape index (κ3) is 5.34. The van der Waals surface area contributed by atoms with Crippen molar-refractivity contribution >= 4 is 11.8 Å². The largest absolute Gasteiger partial charge is 0.508 e. The van der Waals surface area contributed by atoms with E-state index in [1.54, 1.807) is 12.1 Å². The number of carbonyl (C=O) groups excluding carboxylic acids is 2. The highest BCUT2D eigenvalue weighted by atomic mass is 16.3. The molecule has 0 spiro atoms. The third-order valence-electron chi connectivity index (χ3n) is 6.26. The molecule has 2 saturated heterocycles. The highest BCUT2D eigenvalue weighted by molar-refractivity contribution is 5.92. The van der Waals surface area contributed by atoms with Gasteiger partial charge >= 0.3 is 0 Å². The zero-order chi connectivity index (χ0) is 21.8. The first-order valence-electron chi connectivity index (χ1n) is 11.4. The summed E-state index contributed by atoms with van der Waals surface area (Å²) in [7, 11) is 0. The van der Waals surface area contributed by atoms with Crippen LogP contribution < -0.4 is 5.32 Å². The number of fused-ring (bicyclic) bond motifs is 1. The summed E-state index contributed by atoms with van der Waals surface area (Å²) in [6, 6.07) is 6.50. The lowest BCUT2D eigenvalue weighted by Gasteiger charge is -2.51. The predicted octanol–water partition coefficient (Wildman–Crippen LogP) is 2.80. The summed E-state index contributed by atoms with van der Waals surface area (Å²) in [6.45, 7) is 10.9. The summed E-state index contributed by atoms with van der Waals surface area (Å²) in [6.07, 6.45) is 3.48. The van der Waals surface area contributed by atoms with Crippen LogP contribution in [0.15, 0.2) is 24.3 Å². The van der Waals surface area contributed by atoms with E-state index in [-0.39, 0.29) is 35.7 Å². The highest BCUT2D eigenvalue weighted by Gasteiger charge is 2.47. The van der Waals surface area contributed by atoms with Gasteiger partial charge in [0.2, 0.25) is 11.8 Å².